The first-order valence-electron chi connectivity index (χ1n) is 7.00. The molecule has 0 spiro atoms. The second-order valence-electron chi connectivity index (χ2n) is 4.92. The van der Waals surface area contributed by atoms with Crippen LogP contribution in [-0.4, -0.2) is 5.71 Å². The van der Waals surface area contributed by atoms with Crippen molar-refractivity contribution in [3.8, 4) is 0 Å². The molecule has 2 nitrogen and oxygen atoms in total. The molecule has 0 bridgehead atoms. The number of hydrogen-bond acceptors (Lipinski definition) is 2. The van der Waals surface area contributed by atoms with Crippen molar-refractivity contribution in [1.82, 2.24) is 0 Å². The highest BCUT2D eigenvalue weighted by Crippen LogP contribution is 2.24. The van der Waals surface area contributed by atoms with Gasteiger partial charge in [-0.3, -0.25) is 5.41 Å². The van der Waals surface area contributed by atoms with E-state index < -0.39 is 0 Å². The van der Waals surface area contributed by atoms with Crippen LogP contribution in [0.15, 0.2) is 83.3 Å². The van der Waals surface area contributed by atoms with E-state index in [0.29, 0.717) is 5.71 Å². The summed E-state index contributed by atoms with van der Waals surface area (Å²) in [7, 11) is 0. The second-order valence-corrected chi connectivity index (χ2v) is 5.84. The van der Waals surface area contributed by atoms with E-state index in [0.717, 1.165) is 27.0 Å². The molecule has 0 radical (unpaired) electrons. The van der Waals surface area contributed by atoms with Crippen LogP contribution < -0.4 is 5.32 Å². The number of nitrogens with one attached hydrogen (secondary N) is 2. The van der Waals surface area contributed by atoms with E-state index >= 15 is 0 Å². The minimum Gasteiger partial charge on any atom is -0.355 e. The van der Waals surface area contributed by atoms with Crippen LogP contribution in [0.3, 0.4) is 0 Å². The molecule has 0 fully saturated rings. The topological polar surface area (TPSA) is 35.9 Å². The van der Waals surface area contributed by atoms with Crippen LogP contribution in [0, 0.1) is 5.41 Å². The number of anilines is 2. The van der Waals surface area contributed by atoms with Crippen LogP contribution in [0.25, 0.3) is 0 Å². The highest BCUT2D eigenvalue weighted by molar-refractivity contribution is 9.10. The Bertz CT molecular complexity index is 797. The molecule has 2 N–H and O–H groups in total. The molecule has 0 aliphatic rings. The van der Waals surface area contributed by atoms with E-state index in [2.05, 4.69) is 21.2 Å². The zero-order valence-corrected chi connectivity index (χ0v) is 13.5. The van der Waals surface area contributed by atoms with Gasteiger partial charge in [-0.15, -0.1) is 0 Å². The molecule has 0 aromatic heterocycles. The number of rotatable bonds is 4. The first kappa shape index (κ1) is 14.5. The van der Waals surface area contributed by atoms with Crippen LogP contribution in [0.2, 0.25) is 0 Å². The fourth-order valence-corrected chi connectivity index (χ4v) is 2.69. The van der Waals surface area contributed by atoms with Gasteiger partial charge in [-0.05, 0) is 30.3 Å². The van der Waals surface area contributed by atoms with Gasteiger partial charge in [0.1, 0.15) is 0 Å². The van der Waals surface area contributed by atoms with Gasteiger partial charge in [-0.1, -0.05) is 64.5 Å². The molecule has 3 heteroatoms. The minimum atomic E-state index is 0.500. The molecule has 0 saturated heterocycles. The Hall–Kier alpha value is -2.39. The second kappa shape index (κ2) is 6.58. The number of halogens is 1. The lowest BCUT2D eigenvalue weighted by atomic mass is 10.0. The van der Waals surface area contributed by atoms with Crippen LogP contribution in [0.1, 0.15) is 11.1 Å². The molecular formula is C19H15BrN2. The first-order chi connectivity index (χ1) is 10.7. The van der Waals surface area contributed by atoms with E-state index in [9.17, 15) is 0 Å². The van der Waals surface area contributed by atoms with Gasteiger partial charge in [-0.25, -0.2) is 0 Å². The van der Waals surface area contributed by atoms with Crippen molar-refractivity contribution in [2.45, 2.75) is 0 Å². The van der Waals surface area contributed by atoms with Crippen molar-refractivity contribution in [2.75, 3.05) is 5.32 Å². The monoisotopic (exact) mass is 350 g/mol. The van der Waals surface area contributed by atoms with Gasteiger partial charge >= 0.3 is 0 Å². The summed E-state index contributed by atoms with van der Waals surface area (Å²) < 4.78 is 0.975. The van der Waals surface area contributed by atoms with E-state index in [4.69, 9.17) is 5.41 Å². The largest absolute Gasteiger partial charge is 0.355 e. The van der Waals surface area contributed by atoms with Crippen molar-refractivity contribution in [1.29, 1.82) is 5.41 Å². The number of hydrogen-bond donors (Lipinski definition) is 2. The summed E-state index contributed by atoms with van der Waals surface area (Å²) in [6, 6.07) is 25.7. The maximum atomic E-state index is 8.51. The summed E-state index contributed by atoms with van der Waals surface area (Å²) in [5.41, 5.74) is 4.21. The Kier molecular flexibility index (Phi) is 4.35. The van der Waals surface area contributed by atoms with E-state index in [1.54, 1.807) is 0 Å². The molecule has 0 heterocycles. The zero-order chi connectivity index (χ0) is 15.4. The van der Waals surface area contributed by atoms with Crippen molar-refractivity contribution in [3.63, 3.8) is 0 Å². The lowest BCUT2D eigenvalue weighted by Gasteiger charge is -2.13. The summed E-state index contributed by atoms with van der Waals surface area (Å²) in [5, 5.41) is 11.9. The molecule has 0 amide bonds. The summed E-state index contributed by atoms with van der Waals surface area (Å²) in [4.78, 5) is 0. The standard InChI is InChI=1S/C19H15BrN2/c20-15-8-6-7-14(13-15)19(21)17-11-4-5-12-18(17)22-16-9-2-1-3-10-16/h1-13,21-22H. The van der Waals surface area contributed by atoms with Crippen LogP contribution in [0.4, 0.5) is 11.4 Å². The lowest BCUT2D eigenvalue weighted by Crippen LogP contribution is -2.05. The molecule has 0 saturated carbocycles. The van der Waals surface area contributed by atoms with Crippen molar-refractivity contribution in [2.24, 2.45) is 0 Å². The average molecular weight is 351 g/mol. The number of benzene rings is 3. The third-order valence-corrected chi connectivity index (χ3v) is 3.86. The van der Waals surface area contributed by atoms with Gasteiger partial charge < -0.3 is 5.32 Å². The normalized spacial score (nSPS) is 10.2. The highest BCUT2D eigenvalue weighted by Gasteiger charge is 2.10. The van der Waals surface area contributed by atoms with Crippen molar-refractivity contribution in [3.05, 3.63) is 94.5 Å². The van der Waals surface area contributed by atoms with E-state index in [-0.39, 0.29) is 0 Å². The van der Waals surface area contributed by atoms with Gasteiger partial charge in [0.2, 0.25) is 0 Å². The minimum absolute atomic E-state index is 0.500. The van der Waals surface area contributed by atoms with Crippen LogP contribution in [-0.2, 0) is 0 Å². The third kappa shape index (κ3) is 3.26. The molecule has 0 aliphatic carbocycles. The molecule has 3 aromatic rings. The highest BCUT2D eigenvalue weighted by atomic mass is 79.9. The van der Waals surface area contributed by atoms with Crippen LogP contribution in [0.5, 0.6) is 0 Å². The molecule has 22 heavy (non-hydrogen) atoms. The molecule has 3 rings (SSSR count). The van der Waals surface area contributed by atoms with Gasteiger partial charge in [-0.2, -0.15) is 0 Å². The molecule has 0 aliphatic heterocycles. The average Bonchev–Trinajstić information content (AvgIpc) is 2.56. The SMILES string of the molecule is N=C(c1cccc(Br)c1)c1ccccc1Nc1ccccc1. The first-order valence-corrected chi connectivity index (χ1v) is 7.79. The molecule has 108 valence electrons. The van der Waals surface area contributed by atoms with Gasteiger partial charge in [0.05, 0.1) is 5.71 Å². The Morgan fingerprint density at radius 1 is 0.818 bits per heavy atom. The Labute approximate surface area is 138 Å². The summed E-state index contributed by atoms with van der Waals surface area (Å²) in [6.45, 7) is 0. The fourth-order valence-electron chi connectivity index (χ4n) is 2.29. The molecular weight excluding hydrogens is 336 g/mol. The van der Waals surface area contributed by atoms with E-state index in [1.165, 1.54) is 0 Å². The van der Waals surface area contributed by atoms with Gasteiger partial charge in [0, 0.05) is 27.0 Å². The maximum Gasteiger partial charge on any atom is 0.0705 e. The van der Waals surface area contributed by atoms with Gasteiger partial charge in [0.15, 0.2) is 0 Å². The fraction of sp³-hybridized carbons (Fsp3) is 0. The van der Waals surface area contributed by atoms with E-state index in [1.807, 2.05) is 78.9 Å². The number of para-hydroxylation sites is 2. The Balaban J connectivity index is 1.96. The zero-order valence-electron chi connectivity index (χ0n) is 11.9. The van der Waals surface area contributed by atoms with Crippen molar-refractivity contribution >= 4 is 33.0 Å². The molecule has 3 aromatic carbocycles. The molecule has 0 atom stereocenters. The Morgan fingerprint density at radius 2 is 1.55 bits per heavy atom. The predicted molar refractivity (Wildman–Crippen MR) is 96.2 cm³/mol. The van der Waals surface area contributed by atoms with Crippen LogP contribution >= 0.6 is 15.9 Å². The molecule has 0 unspecified atom stereocenters. The smallest absolute Gasteiger partial charge is 0.0705 e. The lowest BCUT2D eigenvalue weighted by molar-refractivity contribution is 1.44. The predicted octanol–water partition coefficient (Wildman–Crippen LogP) is 5.61. The van der Waals surface area contributed by atoms with Crippen molar-refractivity contribution < 1.29 is 0 Å². The Morgan fingerprint density at radius 3 is 2.32 bits per heavy atom. The quantitative estimate of drug-likeness (QED) is 0.589. The maximum absolute atomic E-state index is 8.51. The third-order valence-electron chi connectivity index (χ3n) is 3.36. The summed E-state index contributed by atoms with van der Waals surface area (Å²) in [6.07, 6.45) is 0. The summed E-state index contributed by atoms with van der Waals surface area (Å²) in [5.74, 6) is 0. The van der Waals surface area contributed by atoms with Gasteiger partial charge in [0.25, 0.3) is 0 Å². The summed E-state index contributed by atoms with van der Waals surface area (Å²) >= 11 is 3.46.